The minimum atomic E-state index is -0.796. The van der Waals surface area contributed by atoms with Crippen LogP contribution in [0.25, 0.3) is 0 Å². The molecule has 3 rings (SSSR count). The Morgan fingerprint density at radius 3 is 2.86 bits per heavy atom. The Morgan fingerprint density at radius 1 is 1.38 bits per heavy atom. The van der Waals surface area contributed by atoms with Crippen LogP contribution in [-0.2, 0) is 10.5 Å². The van der Waals surface area contributed by atoms with Crippen LogP contribution in [0.5, 0.6) is 0 Å². The molecular weight excluding hydrogens is 290 g/mol. The van der Waals surface area contributed by atoms with Gasteiger partial charge in [-0.1, -0.05) is 0 Å². The van der Waals surface area contributed by atoms with Crippen LogP contribution in [0.4, 0.5) is 0 Å². The van der Waals surface area contributed by atoms with Crippen molar-refractivity contribution in [2.75, 3.05) is 6.26 Å². The molecule has 21 heavy (non-hydrogen) atoms. The number of carboxylic acids is 1. The molecule has 1 amide bonds. The normalized spacial score (nSPS) is 30.5. The van der Waals surface area contributed by atoms with E-state index in [1.54, 1.807) is 23.9 Å². The van der Waals surface area contributed by atoms with Gasteiger partial charge in [-0.2, -0.15) is 11.8 Å². The monoisotopic (exact) mass is 309 g/mol. The van der Waals surface area contributed by atoms with Crippen LogP contribution in [0.15, 0.2) is 16.5 Å². The lowest BCUT2D eigenvalue weighted by Gasteiger charge is -2.28. The summed E-state index contributed by atoms with van der Waals surface area (Å²) in [6, 6.07) is 3.19. The van der Waals surface area contributed by atoms with Gasteiger partial charge in [0.05, 0.1) is 11.7 Å². The van der Waals surface area contributed by atoms with E-state index in [0.29, 0.717) is 5.92 Å². The number of fused-ring (bicyclic) bond motifs is 2. The highest BCUT2D eigenvalue weighted by Gasteiger charge is 2.51. The van der Waals surface area contributed by atoms with Crippen molar-refractivity contribution < 1.29 is 19.1 Å². The highest BCUT2D eigenvalue weighted by Crippen LogP contribution is 2.48. The lowest BCUT2D eigenvalue weighted by Crippen LogP contribution is -2.46. The third-order valence-corrected chi connectivity index (χ3v) is 5.24. The molecule has 0 radical (unpaired) electrons. The fraction of sp³-hybridized carbons (Fsp3) is 0.600. The highest BCUT2D eigenvalue weighted by atomic mass is 32.2. The molecule has 2 aliphatic rings. The first-order valence-corrected chi connectivity index (χ1v) is 8.61. The molecule has 2 saturated carbocycles. The second-order valence-corrected chi connectivity index (χ2v) is 6.76. The average molecular weight is 309 g/mol. The van der Waals surface area contributed by atoms with E-state index in [1.165, 1.54) is 0 Å². The summed E-state index contributed by atoms with van der Waals surface area (Å²) in [7, 11) is 0. The van der Waals surface area contributed by atoms with E-state index in [0.717, 1.165) is 30.8 Å². The van der Waals surface area contributed by atoms with Crippen LogP contribution >= 0.6 is 11.8 Å². The summed E-state index contributed by atoms with van der Waals surface area (Å²) in [5.74, 6) is 0.706. The maximum Gasteiger partial charge on any atom is 0.308 e. The summed E-state index contributed by atoms with van der Waals surface area (Å²) < 4.78 is 5.49. The highest BCUT2D eigenvalue weighted by molar-refractivity contribution is 7.97. The van der Waals surface area contributed by atoms with E-state index in [2.05, 4.69) is 5.32 Å². The summed E-state index contributed by atoms with van der Waals surface area (Å²) in [5.41, 5.74) is 0. The van der Waals surface area contributed by atoms with Gasteiger partial charge in [-0.05, 0) is 49.5 Å². The second-order valence-electron chi connectivity index (χ2n) is 5.90. The molecule has 1 heterocycles. The number of carboxylic acid groups (broad SMARTS) is 1. The van der Waals surface area contributed by atoms with Crippen molar-refractivity contribution in [3.8, 4) is 0 Å². The van der Waals surface area contributed by atoms with Crippen LogP contribution in [0.3, 0.4) is 0 Å². The van der Waals surface area contributed by atoms with Crippen LogP contribution in [-0.4, -0.2) is 29.3 Å². The van der Waals surface area contributed by atoms with Gasteiger partial charge in [-0.15, -0.1) is 0 Å². The van der Waals surface area contributed by atoms with Crippen LogP contribution in [0.1, 0.15) is 35.6 Å². The fourth-order valence-corrected chi connectivity index (χ4v) is 4.24. The summed E-state index contributed by atoms with van der Waals surface area (Å²) in [6.07, 6.45) is 4.86. The zero-order valence-electron chi connectivity index (χ0n) is 11.9. The van der Waals surface area contributed by atoms with Crippen molar-refractivity contribution in [1.29, 1.82) is 0 Å². The first-order valence-electron chi connectivity index (χ1n) is 7.21. The molecule has 2 aliphatic carbocycles. The quantitative estimate of drug-likeness (QED) is 0.873. The fourth-order valence-electron chi connectivity index (χ4n) is 3.80. The standard InChI is InChI=1S/C15H19NO4S/c1-21-7-10-4-5-11(20-10)14(17)16-13-9-3-2-8(6-9)12(13)15(18)19/h4-5,8-9,12-13H,2-3,6-7H2,1H3,(H,16,17)(H,18,19). The zero-order chi connectivity index (χ0) is 15.0. The largest absolute Gasteiger partial charge is 0.481 e. The summed E-state index contributed by atoms with van der Waals surface area (Å²) in [4.78, 5) is 23.7. The van der Waals surface area contributed by atoms with Gasteiger partial charge in [0.2, 0.25) is 0 Å². The average Bonchev–Trinajstić information content (AvgIpc) is 3.13. The van der Waals surface area contributed by atoms with Gasteiger partial charge in [-0.3, -0.25) is 9.59 Å². The van der Waals surface area contributed by atoms with Gasteiger partial charge in [0.25, 0.3) is 5.91 Å². The van der Waals surface area contributed by atoms with Crippen molar-refractivity contribution in [1.82, 2.24) is 5.32 Å². The number of carbonyl (C=O) groups is 2. The Hall–Kier alpha value is -1.43. The molecule has 1 aromatic heterocycles. The molecule has 6 heteroatoms. The number of hydrogen-bond acceptors (Lipinski definition) is 4. The second kappa shape index (κ2) is 5.75. The van der Waals surface area contributed by atoms with Gasteiger partial charge >= 0.3 is 5.97 Å². The molecule has 0 aliphatic heterocycles. The van der Waals surface area contributed by atoms with Gasteiger partial charge in [0.15, 0.2) is 5.76 Å². The molecule has 0 aromatic carbocycles. The molecule has 114 valence electrons. The van der Waals surface area contributed by atoms with E-state index in [-0.39, 0.29) is 23.6 Å². The van der Waals surface area contributed by atoms with Crippen molar-refractivity contribution in [3.05, 3.63) is 23.7 Å². The number of nitrogens with one attached hydrogen (secondary N) is 1. The molecule has 5 nitrogen and oxygen atoms in total. The molecule has 2 fully saturated rings. The summed E-state index contributed by atoms with van der Waals surface area (Å²) in [5, 5.41) is 12.3. The minimum absolute atomic E-state index is 0.210. The van der Waals surface area contributed by atoms with Crippen LogP contribution in [0.2, 0.25) is 0 Å². The Morgan fingerprint density at radius 2 is 2.14 bits per heavy atom. The maximum atomic E-state index is 12.3. The molecule has 0 spiro atoms. The molecule has 2 bridgehead atoms. The number of amides is 1. The predicted octanol–water partition coefficient (Wildman–Crippen LogP) is 2.37. The van der Waals surface area contributed by atoms with Gasteiger partial charge in [0.1, 0.15) is 5.76 Å². The third kappa shape index (κ3) is 2.69. The maximum absolute atomic E-state index is 12.3. The Balaban J connectivity index is 1.70. The van der Waals surface area contributed by atoms with Crippen molar-refractivity contribution in [3.63, 3.8) is 0 Å². The molecule has 2 N–H and O–H groups in total. The lowest BCUT2D eigenvalue weighted by atomic mass is 9.84. The number of furan rings is 1. The van der Waals surface area contributed by atoms with Crippen molar-refractivity contribution in [2.45, 2.75) is 31.1 Å². The van der Waals surface area contributed by atoms with Crippen LogP contribution < -0.4 is 5.32 Å². The third-order valence-electron chi connectivity index (χ3n) is 4.67. The molecule has 0 saturated heterocycles. The molecule has 4 atom stereocenters. The number of aliphatic carboxylic acids is 1. The first kappa shape index (κ1) is 14.5. The summed E-state index contributed by atoms with van der Waals surface area (Å²) >= 11 is 1.62. The SMILES string of the molecule is CSCc1ccc(C(=O)NC2C3CCC(C3)C2C(=O)O)o1. The summed E-state index contributed by atoms with van der Waals surface area (Å²) in [6.45, 7) is 0. The Bertz CT molecular complexity index is 556. The zero-order valence-corrected chi connectivity index (χ0v) is 12.7. The lowest BCUT2D eigenvalue weighted by molar-refractivity contribution is -0.144. The van der Waals surface area contributed by atoms with E-state index >= 15 is 0 Å². The van der Waals surface area contributed by atoms with E-state index in [4.69, 9.17) is 4.42 Å². The minimum Gasteiger partial charge on any atom is -0.481 e. The number of hydrogen-bond donors (Lipinski definition) is 2. The first-order chi connectivity index (χ1) is 10.1. The number of carbonyl (C=O) groups excluding carboxylic acids is 1. The van der Waals surface area contributed by atoms with Crippen molar-refractivity contribution in [2.24, 2.45) is 17.8 Å². The van der Waals surface area contributed by atoms with E-state index in [1.807, 2.05) is 6.26 Å². The van der Waals surface area contributed by atoms with Gasteiger partial charge < -0.3 is 14.8 Å². The number of thioether (sulfide) groups is 1. The van der Waals surface area contributed by atoms with E-state index in [9.17, 15) is 14.7 Å². The predicted molar refractivity (Wildman–Crippen MR) is 79.1 cm³/mol. The molecule has 1 aromatic rings. The van der Waals surface area contributed by atoms with E-state index < -0.39 is 11.9 Å². The van der Waals surface area contributed by atoms with Gasteiger partial charge in [-0.25, -0.2) is 0 Å². The van der Waals surface area contributed by atoms with Crippen molar-refractivity contribution >= 4 is 23.6 Å². The Labute approximate surface area is 127 Å². The smallest absolute Gasteiger partial charge is 0.308 e. The number of rotatable bonds is 5. The Kier molecular flexibility index (Phi) is 3.97. The molecular formula is C15H19NO4S. The molecule has 4 unspecified atom stereocenters. The topological polar surface area (TPSA) is 79.5 Å². The van der Waals surface area contributed by atoms with Crippen LogP contribution in [0, 0.1) is 17.8 Å². The van der Waals surface area contributed by atoms with Gasteiger partial charge in [0, 0.05) is 6.04 Å².